The van der Waals surface area contributed by atoms with E-state index in [-0.39, 0.29) is 11.7 Å². The van der Waals surface area contributed by atoms with E-state index in [0.29, 0.717) is 35.4 Å². The zero-order valence-electron chi connectivity index (χ0n) is 19.9. The average Bonchev–Trinajstić information content (AvgIpc) is 2.78. The van der Waals surface area contributed by atoms with E-state index >= 15 is 0 Å². The number of carbonyl (C=O) groups excluding carboxylic acids is 1. The number of benzene rings is 1. The highest BCUT2D eigenvalue weighted by molar-refractivity contribution is 7.92. The number of piperidine rings is 1. The lowest BCUT2D eigenvalue weighted by atomic mass is 9.92. The molecule has 0 aliphatic carbocycles. The van der Waals surface area contributed by atoms with Crippen LogP contribution in [0, 0.1) is 12.8 Å². The summed E-state index contributed by atoms with van der Waals surface area (Å²) in [6.07, 6.45) is 5.98. The fourth-order valence-corrected chi connectivity index (χ4v) is 5.85. The summed E-state index contributed by atoms with van der Waals surface area (Å²) in [4.78, 5) is 24.5. The molecule has 0 saturated carbocycles. The maximum atomic E-state index is 13.4. The Balaban J connectivity index is 1.71. The number of fused-ring (bicyclic) bond motifs is 6. The van der Waals surface area contributed by atoms with Crippen molar-refractivity contribution in [3.05, 3.63) is 35.5 Å². The molecule has 1 fully saturated rings. The molecule has 1 amide bonds. The van der Waals surface area contributed by atoms with Gasteiger partial charge in [-0.1, -0.05) is 13.3 Å². The van der Waals surface area contributed by atoms with Crippen LogP contribution in [0.15, 0.2) is 24.3 Å². The maximum Gasteiger partial charge on any atom is 0.258 e. The van der Waals surface area contributed by atoms with E-state index in [1.54, 1.807) is 24.3 Å². The fraction of sp³-hybridized carbons (Fsp3) is 0.542. The molecule has 3 heterocycles. The van der Waals surface area contributed by atoms with Gasteiger partial charge in [0.05, 0.1) is 22.7 Å². The normalized spacial score (nSPS) is 19.2. The number of nitrogens with one attached hydrogen (secondary N) is 3. The molecule has 0 radical (unpaired) electrons. The molecule has 0 spiro atoms. The minimum Gasteiger partial charge on any atom is -0.371 e. The highest BCUT2D eigenvalue weighted by atomic mass is 32.2. The number of hydrogen-bond donors (Lipinski definition) is 3. The molecule has 10 heteroatoms. The Hall–Kier alpha value is -2.88. The van der Waals surface area contributed by atoms with Crippen molar-refractivity contribution in [3.63, 3.8) is 0 Å². The zero-order valence-corrected chi connectivity index (χ0v) is 20.7. The second-order valence-electron chi connectivity index (χ2n) is 9.20. The molecule has 34 heavy (non-hydrogen) atoms. The Kier molecular flexibility index (Phi) is 7.55. The molecule has 4 bridgehead atoms. The molecule has 184 valence electrons. The van der Waals surface area contributed by atoms with Crippen molar-refractivity contribution in [2.24, 2.45) is 5.92 Å². The summed E-state index contributed by atoms with van der Waals surface area (Å²) in [7, 11) is -3.43. The molecule has 1 aromatic carbocycles. The van der Waals surface area contributed by atoms with Gasteiger partial charge in [-0.05, 0) is 63.1 Å². The van der Waals surface area contributed by atoms with Crippen molar-refractivity contribution in [2.45, 2.75) is 52.4 Å². The molecule has 4 rings (SSSR count). The van der Waals surface area contributed by atoms with Crippen LogP contribution in [0.4, 0.5) is 23.1 Å². The van der Waals surface area contributed by atoms with Crippen LogP contribution < -0.4 is 20.3 Å². The third-order valence-corrected chi connectivity index (χ3v) is 7.76. The van der Waals surface area contributed by atoms with Gasteiger partial charge in [-0.15, -0.1) is 0 Å². The van der Waals surface area contributed by atoms with Crippen LogP contribution >= 0.6 is 0 Å². The van der Waals surface area contributed by atoms with Gasteiger partial charge in [-0.3, -0.25) is 9.52 Å². The lowest BCUT2D eigenvalue weighted by Gasteiger charge is -2.35. The van der Waals surface area contributed by atoms with Crippen molar-refractivity contribution in [3.8, 4) is 0 Å². The van der Waals surface area contributed by atoms with Crippen LogP contribution in [0.1, 0.15) is 61.5 Å². The van der Waals surface area contributed by atoms with Gasteiger partial charge in [0, 0.05) is 31.4 Å². The van der Waals surface area contributed by atoms with Gasteiger partial charge >= 0.3 is 0 Å². The van der Waals surface area contributed by atoms with Crippen molar-refractivity contribution in [2.75, 3.05) is 45.6 Å². The van der Waals surface area contributed by atoms with E-state index in [2.05, 4.69) is 30.2 Å². The minimum atomic E-state index is -3.43. The van der Waals surface area contributed by atoms with Crippen molar-refractivity contribution in [1.29, 1.82) is 0 Å². The summed E-state index contributed by atoms with van der Waals surface area (Å²) in [5.41, 5.74) is 2.49. The van der Waals surface area contributed by atoms with Gasteiger partial charge in [0.2, 0.25) is 16.0 Å². The van der Waals surface area contributed by atoms with Crippen molar-refractivity contribution in [1.82, 2.24) is 9.97 Å². The third kappa shape index (κ3) is 6.16. The number of aryl methyl sites for hydroxylation is 1. The average molecular weight is 487 g/mol. The molecule has 3 N–H and O–H groups in total. The lowest BCUT2D eigenvalue weighted by molar-refractivity contribution is 0.102. The molecule has 2 aromatic rings. The van der Waals surface area contributed by atoms with E-state index in [4.69, 9.17) is 0 Å². The largest absolute Gasteiger partial charge is 0.371 e. The summed E-state index contributed by atoms with van der Waals surface area (Å²) < 4.78 is 27.4. The Bertz CT molecular complexity index is 1140. The minimum absolute atomic E-state index is 0.0553. The van der Waals surface area contributed by atoms with E-state index in [1.807, 2.05) is 13.8 Å². The topological polar surface area (TPSA) is 116 Å². The molecule has 9 nitrogen and oxygen atoms in total. The van der Waals surface area contributed by atoms with Crippen LogP contribution in [0.25, 0.3) is 0 Å². The predicted molar refractivity (Wildman–Crippen MR) is 136 cm³/mol. The predicted octanol–water partition coefficient (Wildman–Crippen LogP) is 4.00. The van der Waals surface area contributed by atoms with E-state index < -0.39 is 10.0 Å². The SMILES string of the molecule is CCCS(=O)(=O)Nc1ccc2c(c1)N1CCCC(CCCCNc3nc(C)cc(n3)NC2=O)C1. The summed E-state index contributed by atoms with van der Waals surface area (Å²) in [5, 5.41) is 6.19. The zero-order chi connectivity index (χ0) is 24.1. The third-order valence-electron chi connectivity index (χ3n) is 6.27. The highest BCUT2D eigenvalue weighted by Gasteiger charge is 2.25. The number of nitrogens with zero attached hydrogens (tertiary/aromatic N) is 3. The Morgan fingerprint density at radius 2 is 1.97 bits per heavy atom. The van der Waals surface area contributed by atoms with Gasteiger partial charge < -0.3 is 15.5 Å². The molecule has 2 aliphatic heterocycles. The van der Waals surface area contributed by atoms with Crippen LogP contribution in [0.5, 0.6) is 0 Å². The van der Waals surface area contributed by atoms with Gasteiger partial charge in [0.25, 0.3) is 5.91 Å². The fourth-order valence-electron chi connectivity index (χ4n) is 4.72. The number of rotatable bonds is 4. The standard InChI is InChI=1S/C24H34N6O3S/c1-3-13-34(32,33)29-19-9-10-20-21(15-19)30-12-6-8-18(16-30)7-4-5-11-25-24-26-17(2)14-22(28-24)27-23(20)31/h9-10,14-15,18,29H,3-8,11-13,16H2,1-2H3,(H2,25,26,27,28,31). The van der Waals surface area contributed by atoms with Gasteiger partial charge in [-0.25, -0.2) is 13.4 Å². The molecule has 1 unspecified atom stereocenters. The Morgan fingerprint density at radius 3 is 2.79 bits per heavy atom. The molecular formula is C24H34N6O3S. The van der Waals surface area contributed by atoms with Crippen molar-refractivity contribution < 1.29 is 13.2 Å². The van der Waals surface area contributed by atoms with E-state index in [1.165, 1.54) is 0 Å². The number of amides is 1. The van der Waals surface area contributed by atoms with E-state index in [9.17, 15) is 13.2 Å². The summed E-state index contributed by atoms with van der Waals surface area (Å²) in [6.45, 7) is 6.17. The number of sulfonamides is 1. The quantitative estimate of drug-likeness (QED) is 0.598. The smallest absolute Gasteiger partial charge is 0.258 e. The second-order valence-corrected chi connectivity index (χ2v) is 11.0. The summed E-state index contributed by atoms with van der Waals surface area (Å²) >= 11 is 0. The number of carbonyl (C=O) groups is 1. The van der Waals surface area contributed by atoms with Crippen LogP contribution in [0.2, 0.25) is 0 Å². The molecule has 1 saturated heterocycles. The van der Waals surface area contributed by atoms with Gasteiger partial charge in [-0.2, -0.15) is 4.98 Å². The molecule has 2 aliphatic rings. The number of anilines is 4. The van der Waals surface area contributed by atoms with Crippen LogP contribution in [0.3, 0.4) is 0 Å². The molecule has 1 atom stereocenters. The van der Waals surface area contributed by atoms with Crippen LogP contribution in [-0.2, 0) is 10.0 Å². The highest BCUT2D eigenvalue weighted by Crippen LogP contribution is 2.32. The first-order chi connectivity index (χ1) is 16.3. The van der Waals surface area contributed by atoms with Crippen molar-refractivity contribution >= 4 is 39.1 Å². The monoisotopic (exact) mass is 486 g/mol. The lowest BCUT2D eigenvalue weighted by Crippen LogP contribution is -2.36. The molecular weight excluding hydrogens is 452 g/mol. The Labute approximate surface area is 201 Å². The van der Waals surface area contributed by atoms with Gasteiger partial charge in [0.1, 0.15) is 5.82 Å². The van der Waals surface area contributed by atoms with E-state index in [0.717, 1.165) is 63.1 Å². The first-order valence-corrected chi connectivity index (χ1v) is 13.8. The van der Waals surface area contributed by atoms with Crippen LogP contribution in [-0.4, -0.2) is 49.7 Å². The first kappa shape index (κ1) is 24.3. The Morgan fingerprint density at radius 1 is 1.15 bits per heavy atom. The summed E-state index contributed by atoms with van der Waals surface area (Å²) in [5.74, 6) is 1.26. The summed E-state index contributed by atoms with van der Waals surface area (Å²) in [6, 6.07) is 6.88. The molecule has 1 aromatic heterocycles. The second kappa shape index (κ2) is 10.6. The van der Waals surface area contributed by atoms with Gasteiger partial charge in [0.15, 0.2) is 0 Å². The first-order valence-electron chi connectivity index (χ1n) is 12.1. The number of hydrogen-bond acceptors (Lipinski definition) is 7. The number of aromatic nitrogens is 2. The maximum absolute atomic E-state index is 13.4.